The molecule has 1 aromatic carbocycles. The van der Waals surface area contributed by atoms with Gasteiger partial charge in [-0.1, -0.05) is 22.9 Å². The summed E-state index contributed by atoms with van der Waals surface area (Å²) >= 11 is 0. The summed E-state index contributed by atoms with van der Waals surface area (Å²) in [7, 11) is -1.44. The second-order valence-corrected chi connectivity index (χ2v) is 9.06. The van der Waals surface area contributed by atoms with E-state index < -0.39 is 10.0 Å². The smallest absolute Gasteiger partial charge is 0.276 e. The van der Waals surface area contributed by atoms with Gasteiger partial charge in [0.05, 0.1) is 17.6 Å². The monoisotopic (exact) mass is 391 g/mol. The van der Waals surface area contributed by atoms with Crippen LogP contribution in [0, 0.1) is 13.8 Å². The lowest BCUT2D eigenvalue weighted by Crippen LogP contribution is -2.47. The van der Waals surface area contributed by atoms with Gasteiger partial charge in [-0.15, -0.1) is 5.10 Å². The molecule has 0 bridgehead atoms. The van der Waals surface area contributed by atoms with Crippen LogP contribution in [-0.2, 0) is 10.0 Å². The zero-order valence-corrected chi connectivity index (χ0v) is 16.9. The highest BCUT2D eigenvalue weighted by Crippen LogP contribution is 2.20. The van der Waals surface area contributed by atoms with Crippen molar-refractivity contribution in [3.05, 3.63) is 41.2 Å². The lowest BCUT2D eigenvalue weighted by atomic mass is 10.0. The molecule has 1 amide bonds. The molecule has 0 aliphatic carbocycles. The molecule has 1 aliphatic heterocycles. The molecule has 0 N–H and O–H groups in total. The quantitative estimate of drug-likeness (QED) is 0.786. The number of benzene rings is 1. The highest BCUT2D eigenvalue weighted by Gasteiger charge is 2.31. The fraction of sp³-hybridized carbons (Fsp3) is 0.500. The third-order valence-corrected chi connectivity index (χ3v) is 6.44. The number of piperidine rings is 1. The number of rotatable bonds is 4. The van der Waals surface area contributed by atoms with Gasteiger partial charge in [0.15, 0.2) is 5.69 Å². The average molecular weight is 391 g/mol. The fourth-order valence-electron chi connectivity index (χ4n) is 3.35. The van der Waals surface area contributed by atoms with Crippen LogP contribution in [0.25, 0.3) is 5.69 Å². The predicted molar refractivity (Wildman–Crippen MR) is 102 cm³/mol. The Balaban J connectivity index is 1.74. The Morgan fingerprint density at radius 1 is 1.15 bits per heavy atom. The molecular formula is C18H25N5O3S. The Labute approximate surface area is 159 Å². The van der Waals surface area contributed by atoms with Gasteiger partial charge in [0.1, 0.15) is 0 Å². The minimum absolute atomic E-state index is 0.0144. The molecular weight excluding hydrogens is 366 g/mol. The minimum Gasteiger partial charge on any atom is -0.337 e. The van der Waals surface area contributed by atoms with Crippen molar-refractivity contribution >= 4 is 15.9 Å². The van der Waals surface area contributed by atoms with Crippen LogP contribution < -0.4 is 0 Å². The molecule has 2 aromatic rings. The molecule has 3 rings (SSSR count). The minimum atomic E-state index is -3.18. The van der Waals surface area contributed by atoms with Gasteiger partial charge in [-0.25, -0.2) is 17.4 Å². The first-order valence-corrected chi connectivity index (χ1v) is 10.7. The van der Waals surface area contributed by atoms with E-state index in [2.05, 4.69) is 10.3 Å². The summed E-state index contributed by atoms with van der Waals surface area (Å²) in [6, 6.07) is 7.84. The predicted octanol–water partition coefficient (Wildman–Crippen LogP) is 1.38. The molecule has 2 heterocycles. The number of hydrogen-bond acceptors (Lipinski definition) is 5. The van der Waals surface area contributed by atoms with Crippen molar-refractivity contribution in [3.8, 4) is 5.69 Å². The topological polar surface area (TPSA) is 88.4 Å². The lowest BCUT2D eigenvalue weighted by Gasteiger charge is -2.35. The van der Waals surface area contributed by atoms with Gasteiger partial charge >= 0.3 is 0 Å². The Morgan fingerprint density at radius 3 is 2.30 bits per heavy atom. The van der Waals surface area contributed by atoms with Crippen molar-refractivity contribution in [2.75, 3.05) is 26.4 Å². The van der Waals surface area contributed by atoms with Gasteiger partial charge in [-0.2, -0.15) is 0 Å². The van der Waals surface area contributed by atoms with Crippen LogP contribution in [0.2, 0.25) is 0 Å². The summed E-state index contributed by atoms with van der Waals surface area (Å²) in [5, 5.41) is 8.24. The summed E-state index contributed by atoms with van der Waals surface area (Å²) < 4.78 is 26.4. The molecule has 146 valence electrons. The number of sulfonamides is 1. The van der Waals surface area contributed by atoms with E-state index in [-0.39, 0.29) is 11.9 Å². The van der Waals surface area contributed by atoms with E-state index in [0.29, 0.717) is 37.3 Å². The Hall–Kier alpha value is -2.26. The SMILES string of the molecule is Cc1ccc(-n2nnc(C(=O)N(C)C3CCN(S(C)(=O)=O)CC3)c2C)cc1. The number of amides is 1. The molecule has 1 aliphatic rings. The van der Waals surface area contributed by atoms with E-state index >= 15 is 0 Å². The van der Waals surface area contributed by atoms with Crippen molar-refractivity contribution in [3.63, 3.8) is 0 Å². The first-order chi connectivity index (χ1) is 12.7. The number of carbonyl (C=O) groups excluding carboxylic acids is 1. The normalized spacial score (nSPS) is 16.4. The highest BCUT2D eigenvalue weighted by atomic mass is 32.2. The van der Waals surface area contributed by atoms with E-state index in [4.69, 9.17) is 0 Å². The molecule has 0 unspecified atom stereocenters. The van der Waals surface area contributed by atoms with Gasteiger partial charge in [0, 0.05) is 26.2 Å². The summed E-state index contributed by atoms with van der Waals surface area (Å²) in [5.74, 6) is -0.191. The maximum Gasteiger partial charge on any atom is 0.276 e. The van der Waals surface area contributed by atoms with Gasteiger partial charge in [0.25, 0.3) is 5.91 Å². The first-order valence-electron chi connectivity index (χ1n) is 8.90. The number of aromatic nitrogens is 3. The van der Waals surface area contributed by atoms with E-state index in [1.54, 1.807) is 16.6 Å². The molecule has 9 heteroatoms. The lowest BCUT2D eigenvalue weighted by molar-refractivity contribution is 0.0675. The molecule has 0 atom stereocenters. The van der Waals surface area contributed by atoms with E-state index in [1.807, 2.05) is 38.1 Å². The van der Waals surface area contributed by atoms with E-state index in [9.17, 15) is 13.2 Å². The Morgan fingerprint density at radius 2 is 1.74 bits per heavy atom. The molecule has 1 fully saturated rings. The molecule has 1 saturated heterocycles. The van der Waals surface area contributed by atoms with Crippen LogP contribution in [0.5, 0.6) is 0 Å². The average Bonchev–Trinajstić information content (AvgIpc) is 3.02. The van der Waals surface area contributed by atoms with Crippen molar-refractivity contribution in [2.45, 2.75) is 32.7 Å². The maximum absolute atomic E-state index is 12.9. The van der Waals surface area contributed by atoms with Gasteiger partial charge in [-0.05, 0) is 38.8 Å². The van der Waals surface area contributed by atoms with Crippen molar-refractivity contribution in [1.29, 1.82) is 0 Å². The highest BCUT2D eigenvalue weighted by molar-refractivity contribution is 7.88. The standard InChI is InChI=1S/C18H25N5O3S/c1-13-5-7-16(8-6-13)23-14(2)17(19-20-23)18(24)21(3)15-9-11-22(12-10-15)27(4,25)26/h5-8,15H,9-12H2,1-4H3. The van der Waals surface area contributed by atoms with Crippen LogP contribution in [0.3, 0.4) is 0 Å². The van der Waals surface area contributed by atoms with E-state index in [0.717, 1.165) is 11.3 Å². The molecule has 0 saturated carbocycles. The van der Waals surface area contributed by atoms with Crippen molar-refractivity contribution < 1.29 is 13.2 Å². The number of aryl methyl sites for hydroxylation is 1. The largest absolute Gasteiger partial charge is 0.337 e. The van der Waals surface area contributed by atoms with Crippen molar-refractivity contribution in [1.82, 2.24) is 24.2 Å². The van der Waals surface area contributed by atoms with Crippen LogP contribution in [0.1, 0.15) is 34.6 Å². The summed E-state index contributed by atoms with van der Waals surface area (Å²) in [4.78, 5) is 14.6. The molecule has 0 radical (unpaired) electrons. The molecule has 8 nitrogen and oxygen atoms in total. The van der Waals surface area contributed by atoms with Gasteiger partial charge < -0.3 is 4.90 Å². The number of nitrogens with zero attached hydrogens (tertiary/aromatic N) is 5. The van der Waals surface area contributed by atoms with E-state index in [1.165, 1.54) is 10.6 Å². The Bertz CT molecular complexity index is 928. The van der Waals surface area contributed by atoms with Gasteiger partial charge in [0.2, 0.25) is 10.0 Å². The third kappa shape index (κ3) is 4.03. The van der Waals surface area contributed by atoms with Crippen LogP contribution in [0.4, 0.5) is 0 Å². The second kappa shape index (κ2) is 7.40. The number of carbonyl (C=O) groups is 1. The zero-order valence-electron chi connectivity index (χ0n) is 16.1. The van der Waals surface area contributed by atoms with Crippen LogP contribution in [0.15, 0.2) is 24.3 Å². The molecule has 1 aromatic heterocycles. The van der Waals surface area contributed by atoms with Crippen molar-refractivity contribution in [2.24, 2.45) is 0 Å². The summed E-state index contributed by atoms with van der Waals surface area (Å²) in [6.07, 6.45) is 2.44. The number of hydrogen-bond donors (Lipinski definition) is 0. The maximum atomic E-state index is 12.9. The fourth-order valence-corrected chi connectivity index (χ4v) is 4.23. The molecule has 27 heavy (non-hydrogen) atoms. The van der Waals surface area contributed by atoms with Crippen LogP contribution >= 0.6 is 0 Å². The first kappa shape index (κ1) is 19.5. The van der Waals surface area contributed by atoms with Gasteiger partial charge in [-0.3, -0.25) is 4.79 Å². The second-order valence-electron chi connectivity index (χ2n) is 7.08. The Kier molecular flexibility index (Phi) is 5.34. The summed E-state index contributed by atoms with van der Waals surface area (Å²) in [6.45, 7) is 4.69. The third-order valence-electron chi connectivity index (χ3n) is 5.14. The van der Waals surface area contributed by atoms with Crippen LogP contribution in [-0.4, -0.2) is 71.0 Å². The zero-order chi connectivity index (χ0) is 19.8. The molecule has 0 spiro atoms. The summed E-state index contributed by atoms with van der Waals surface area (Å²) in [5.41, 5.74) is 3.01.